The van der Waals surface area contributed by atoms with Crippen molar-refractivity contribution in [1.82, 2.24) is 15.5 Å². The van der Waals surface area contributed by atoms with Crippen molar-refractivity contribution in [2.75, 3.05) is 17.7 Å². The number of carbonyl (C=O) groups is 3. The Morgan fingerprint density at radius 3 is 2.57 bits per heavy atom. The van der Waals surface area contributed by atoms with Gasteiger partial charge in [0, 0.05) is 6.92 Å². The number of amides is 2. The lowest BCUT2D eigenvalue weighted by molar-refractivity contribution is -0.139. The molecule has 10 heteroatoms. The molecule has 8 nitrogen and oxygen atoms in total. The van der Waals surface area contributed by atoms with E-state index in [0.717, 1.165) is 11.1 Å². The van der Waals surface area contributed by atoms with E-state index in [1.807, 2.05) is 31.2 Å². The molecule has 0 aliphatic heterocycles. The Morgan fingerprint density at radius 2 is 1.93 bits per heavy atom. The summed E-state index contributed by atoms with van der Waals surface area (Å²) in [6.45, 7) is 5.45. The van der Waals surface area contributed by atoms with Crippen LogP contribution in [0, 0.1) is 6.92 Å². The number of ether oxygens (including phenoxy) is 1. The molecule has 1 aromatic heterocycles. The van der Waals surface area contributed by atoms with Gasteiger partial charge in [-0.15, -0.1) is 10.2 Å². The van der Waals surface area contributed by atoms with E-state index < -0.39 is 6.04 Å². The molecule has 28 heavy (non-hydrogen) atoms. The van der Waals surface area contributed by atoms with Gasteiger partial charge in [0.1, 0.15) is 0 Å². The second-order valence-corrected chi connectivity index (χ2v) is 8.08. The first-order valence-corrected chi connectivity index (χ1v) is 10.4. The van der Waals surface area contributed by atoms with E-state index in [4.69, 9.17) is 4.74 Å². The van der Waals surface area contributed by atoms with Crippen LogP contribution in [0.25, 0.3) is 0 Å². The van der Waals surface area contributed by atoms with E-state index in [2.05, 4.69) is 20.8 Å². The SMILES string of the molecule is CCOC(=O)CSc1nnc(NC(=O)CC(NC(C)=O)c2ccc(C)cc2)s1. The molecule has 0 radical (unpaired) electrons. The molecule has 150 valence electrons. The standard InChI is InChI=1S/C18H22N4O4S2/c1-4-26-16(25)10-27-18-22-21-17(28-18)20-15(24)9-14(19-12(3)23)13-7-5-11(2)6-8-13/h5-8,14H,4,9-10H2,1-3H3,(H,19,23)(H,20,21,24). The zero-order valence-electron chi connectivity index (χ0n) is 15.9. The lowest BCUT2D eigenvalue weighted by Gasteiger charge is -2.17. The lowest BCUT2D eigenvalue weighted by Crippen LogP contribution is -2.29. The normalized spacial score (nSPS) is 11.5. The van der Waals surface area contributed by atoms with Crippen LogP contribution in [-0.4, -0.2) is 40.3 Å². The molecule has 1 aromatic carbocycles. The van der Waals surface area contributed by atoms with Crippen LogP contribution in [0.3, 0.4) is 0 Å². The number of benzene rings is 1. The van der Waals surface area contributed by atoms with Gasteiger partial charge < -0.3 is 15.4 Å². The van der Waals surface area contributed by atoms with E-state index in [0.29, 0.717) is 16.1 Å². The summed E-state index contributed by atoms with van der Waals surface area (Å²) in [6.07, 6.45) is 0.0630. The summed E-state index contributed by atoms with van der Waals surface area (Å²) in [7, 11) is 0. The van der Waals surface area contributed by atoms with Gasteiger partial charge in [-0.2, -0.15) is 0 Å². The number of anilines is 1. The summed E-state index contributed by atoms with van der Waals surface area (Å²) in [5.74, 6) is -0.706. The highest BCUT2D eigenvalue weighted by atomic mass is 32.2. The molecule has 2 N–H and O–H groups in total. The van der Waals surface area contributed by atoms with Crippen molar-refractivity contribution in [2.45, 2.75) is 37.6 Å². The fraction of sp³-hybridized carbons (Fsp3) is 0.389. The highest BCUT2D eigenvalue weighted by molar-refractivity contribution is 8.01. The highest BCUT2D eigenvalue weighted by Gasteiger charge is 2.18. The fourth-order valence-electron chi connectivity index (χ4n) is 2.29. The monoisotopic (exact) mass is 422 g/mol. The summed E-state index contributed by atoms with van der Waals surface area (Å²) >= 11 is 2.37. The molecule has 0 spiro atoms. The smallest absolute Gasteiger partial charge is 0.316 e. The van der Waals surface area contributed by atoms with Crippen LogP contribution in [0.5, 0.6) is 0 Å². The first kappa shape index (κ1) is 21.8. The molecule has 0 aliphatic rings. The van der Waals surface area contributed by atoms with E-state index in [1.165, 1.54) is 30.0 Å². The van der Waals surface area contributed by atoms with Crippen LogP contribution in [0.15, 0.2) is 28.6 Å². The third-order valence-electron chi connectivity index (χ3n) is 3.52. The lowest BCUT2D eigenvalue weighted by atomic mass is 10.0. The summed E-state index contributed by atoms with van der Waals surface area (Å²) < 4.78 is 5.41. The summed E-state index contributed by atoms with van der Waals surface area (Å²) in [5.41, 5.74) is 1.94. The molecule has 0 saturated heterocycles. The molecule has 0 saturated carbocycles. The van der Waals surface area contributed by atoms with Crippen LogP contribution < -0.4 is 10.6 Å². The third kappa shape index (κ3) is 7.28. The number of thioether (sulfide) groups is 1. The first-order valence-electron chi connectivity index (χ1n) is 8.62. The zero-order valence-corrected chi connectivity index (χ0v) is 17.5. The number of nitrogens with zero attached hydrogens (tertiary/aromatic N) is 2. The number of carbonyl (C=O) groups excluding carboxylic acids is 3. The van der Waals surface area contributed by atoms with Crippen molar-refractivity contribution in [3.05, 3.63) is 35.4 Å². The minimum absolute atomic E-state index is 0.0630. The van der Waals surface area contributed by atoms with Crippen molar-refractivity contribution in [2.24, 2.45) is 0 Å². The van der Waals surface area contributed by atoms with E-state index in [1.54, 1.807) is 6.92 Å². The minimum Gasteiger partial charge on any atom is -0.465 e. The number of esters is 1. The van der Waals surface area contributed by atoms with Gasteiger partial charge in [0.05, 0.1) is 24.8 Å². The van der Waals surface area contributed by atoms with Crippen LogP contribution in [-0.2, 0) is 19.1 Å². The topological polar surface area (TPSA) is 110 Å². The quantitative estimate of drug-likeness (QED) is 0.363. The van der Waals surface area contributed by atoms with Crippen LogP contribution >= 0.6 is 23.1 Å². The Morgan fingerprint density at radius 1 is 1.21 bits per heavy atom. The molecule has 0 bridgehead atoms. The number of hydrogen-bond donors (Lipinski definition) is 2. The average molecular weight is 423 g/mol. The van der Waals surface area contributed by atoms with Gasteiger partial charge >= 0.3 is 5.97 Å². The second kappa shape index (κ2) is 10.8. The van der Waals surface area contributed by atoms with Gasteiger partial charge in [-0.1, -0.05) is 52.9 Å². The van der Waals surface area contributed by atoms with Crippen molar-refractivity contribution in [3.8, 4) is 0 Å². The maximum absolute atomic E-state index is 12.4. The van der Waals surface area contributed by atoms with Crippen LogP contribution in [0.1, 0.15) is 37.4 Å². The summed E-state index contributed by atoms with van der Waals surface area (Å²) in [5, 5.41) is 13.7. The van der Waals surface area contributed by atoms with Gasteiger partial charge in [0.2, 0.25) is 16.9 Å². The van der Waals surface area contributed by atoms with Gasteiger partial charge in [0.25, 0.3) is 0 Å². The number of rotatable bonds is 9. The molecular weight excluding hydrogens is 400 g/mol. The largest absolute Gasteiger partial charge is 0.465 e. The van der Waals surface area contributed by atoms with Gasteiger partial charge in [-0.3, -0.25) is 14.4 Å². The van der Waals surface area contributed by atoms with E-state index in [9.17, 15) is 14.4 Å². The molecule has 2 amide bonds. The number of aromatic nitrogens is 2. The van der Waals surface area contributed by atoms with E-state index >= 15 is 0 Å². The molecule has 2 aromatic rings. The fourth-order valence-corrected chi connectivity index (χ4v) is 3.86. The predicted octanol–water partition coefficient (Wildman–Crippen LogP) is 2.71. The number of hydrogen-bond acceptors (Lipinski definition) is 8. The Hall–Kier alpha value is -2.46. The van der Waals surface area contributed by atoms with Gasteiger partial charge in [-0.25, -0.2) is 0 Å². The zero-order chi connectivity index (χ0) is 20.5. The van der Waals surface area contributed by atoms with Crippen molar-refractivity contribution >= 4 is 46.0 Å². The van der Waals surface area contributed by atoms with Crippen LogP contribution in [0.2, 0.25) is 0 Å². The van der Waals surface area contributed by atoms with Crippen molar-refractivity contribution in [3.63, 3.8) is 0 Å². The van der Waals surface area contributed by atoms with Crippen molar-refractivity contribution in [1.29, 1.82) is 0 Å². The molecule has 0 aliphatic carbocycles. The number of nitrogens with one attached hydrogen (secondary N) is 2. The summed E-state index contributed by atoms with van der Waals surface area (Å²) in [4.78, 5) is 35.3. The molecule has 2 rings (SSSR count). The molecule has 0 fully saturated rings. The van der Waals surface area contributed by atoms with Crippen LogP contribution in [0.4, 0.5) is 5.13 Å². The minimum atomic E-state index is -0.441. The van der Waals surface area contributed by atoms with Crippen molar-refractivity contribution < 1.29 is 19.1 Å². The molecule has 1 heterocycles. The third-order valence-corrected chi connectivity index (χ3v) is 5.46. The van der Waals surface area contributed by atoms with E-state index in [-0.39, 0.29) is 30.0 Å². The Balaban J connectivity index is 1.94. The number of aryl methyl sites for hydroxylation is 1. The maximum Gasteiger partial charge on any atom is 0.316 e. The first-order chi connectivity index (χ1) is 13.4. The summed E-state index contributed by atoms with van der Waals surface area (Å²) in [6, 6.07) is 7.19. The molecule has 1 unspecified atom stereocenters. The maximum atomic E-state index is 12.4. The predicted molar refractivity (Wildman–Crippen MR) is 108 cm³/mol. The molecule has 1 atom stereocenters. The second-order valence-electron chi connectivity index (χ2n) is 5.88. The Kier molecular flexibility index (Phi) is 8.40. The highest BCUT2D eigenvalue weighted by Crippen LogP contribution is 2.26. The Labute approximate surface area is 171 Å². The molecular formula is C18H22N4O4S2. The van der Waals surface area contributed by atoms with Gasteiger partial charge in [0.15, 0.2) is 4.34 Å². The Bertz CT molecular complexity index is 823. The average Bonchev–Trinajstić information content (AvgIpc) is 3.07. The van der Waals surface area contributed by atoms with Gasteiger partial charge in [-0.05, 0) is 19.4 Å².